The number of amides is 3. The molecule has 7 heteroatoms. The summed E-state index contributed by atoms with van der Waals surface area (Å²) in [6.45, 7) is 2.25. The fourth-order valence-electron chi connectivity index (χ4n) is 2.44. The molecule has 0 unspecified atom stereocenters. The third kappa shape index (κ3) is 3.56. The number of rotatable bonds is 6. The Hall–Kier alpha value is -1.66. The molecule has 3 amide bonds. The van der Waals surface area contributed by atoms with Crippen LogP contribution >= 0.6 is 11.6 Å². The molecule has 1 heterocycles. The molecule has 1 saturated heterocycles. The Morgan fingerprint density at radius 1 is 1.41 bits per heavy atom. The summed E-state index contributed by atoms with van der Waals surface area (Å²) in [6.07, 6.45) is 1.43. The molecule has 2 rings (SSSR count). The molecule has 5 nitrogen and oxygen atoms in total. The van der Waals surface area contributed by atoms with Crippen LogP contribution in [0, 0.1) is 5.82 Å². The normalized spacial score (nSPS) is 18.2. The first-order valence-electron chi connectivity index (χ1n) is 7.17. The fraction of sp³-hybridized carbons (Fsp3) is 0.467. The molecule has 0 spiro atoms. The first-order valence-corrected chi connectivity index (χ1v) is 7.55. The zero-order valence-corrected chi connectivity index (χ0v) is 13.4. The van der Waals surface area contributed by atoms with Gasteiger partial charge in [0.15, 0.2) is 0 Å². The Labute approximate surface area is 134 Å². The van der Waals surface area contributed by atoms with E-state index in [4.69, 9.17) is 11.6 Å². The van der Waals surface area contributed by atoms with Crippen LogP contribution in [0.1, 0.15) is 25.3 Å². The van der Waals surface area contributed by atoms with E-state index < -0.39 is 17.9 Å². The molecule has 22 heavy (non-hydrogen) atoms. The van der Waals surface area contributed by atoms with Gasteiger partial charge in [-0.3, -0.25) is 9.69 Å². The maximum atomic E-state index is 13.8. The summed E-state index contributed by atoms with van der Waals surface area (Å²) >= 11 is 5.99. The van der Waals surface area contributed by atoms with E-state index in [1.165, 1.54) is 12.1 Å². The monoisotopic (exact) mass is 327 g/mol. The van der Waals surface area contributed by atoms with Crippen LogP contribution in [-0.4, -0.2) is 41.5 Å². The lowest BCUT2D eigenvalue weighted by molar-refractivity contribution is -0.129. The number of nitrogens with zero attached hydrogens (tertiary/aromatic N) is 2. The predicted octanol–water partition coefficient (Wildman–Crippen LogP) is 2.59. The zero-order chi connectivity index (χ0) is 16.3. The number of halogens is 2. The summed E-state index contributed by atoms with van der Waals surface area (Å²) in [5.74, 6) is -0.640. The van der Waals surface area contributed by atoms with E-state index in [0.29, 0.717) is 17.0 Å². The summed E-state index contributed by atoms with van der Waals surface area (Å²) in [5, 5.41) is 2.98. The second kappa shape index (κ2) is 7.07. The summed E-state index contributed by atoms with van der Waals surface area (Å²) < 4.78 is 13.8. The number of benzene rings is 1. The topological polar surface area (TPSA) is 52.7 Å². The van der Waals surface area contributed by atoms with Crippen molar-refractivity contribution >= 4 is 23.5 Å². The Kier molecular flexibility index (Phi) is 5.37. The molecule has 1 fully saturated rings. The van der Waals surface area contributed by atoms with Gasteiger partial charge in [-0.1, -0.05) is 31.0 Å². The van der Waals surface area contributed by atoms with Crippen LogP contribution in [0.25, 0.3) is 0 Å². The highest BCUT2D eigenvalue weighted by Crippen LogP contribution is 2.21. The zero-order valence-electron chi connectivity index (χ0n) is 12.6. The summed E-state index contributed by atoms with van der Waals surface area (Å²) in [6, 6.07) is 3.62. The van der Waals surface area contributed by atoms with Gasteiger partial charge in [0.1, 0.15) is 11.9 Å². The molecule has 0 saturated carbocycles. The van der Waals surface area contributed by atoms with Gasteiger partial charge in [0, 0.05) is 17.1 Å². The molecule has 1 atom stereocenters. The van der Waals surface area contributed by atoms with Gasteiger partial charge in [-0.15, -0.1) is 0 Å². The fourth-order valence-corrected chi connectivity index (χ4v) is 2.66. The molecule has 0 aliphatic carbocycles. The maximum absolute atomic E-state index is 13.8. The minimum atomic E-state index is -0.456. The molecular formula is C15H19ClFN3O2. The lowest BCUT2D eigenvalue weighted by Crippen LogP contribution is -2.40. The Morgan fingerprint density at radius 3 is 2.77 bits per heavy atom. The van der Waals surface area contributed by atoms with Crippen molar-refractivity contribution in [3.63, 3.8) is 0 Å². The lowest BCUT2D eigenvalue weighted by atomic mass is 10.2. The molecule has 1 aromatic carbocycles. The minimum absolute atomic E-state index is 0.0928. The molecule has 0 aromatic heterocycles. The largest absolute Gasteiger partial charge is 0.326 e. The van der Waals surface area contributed by atoms with Crippen LogP contribution < -0.4 is 5.32 Å². The molecule has 120 valence electrons. The highest BCUT2D eigenvalue weighted by atomic mass is 35.5. The highest BCUT2D eigenvalue weighted by molar-refractivity contribution is 6.31. The van der Waals surface area contributed by atoms with Gasteiger partial charge in [-0.2, -0.15) is 0 Å². The average Bonchev–Trinajstić information content (AvgIpc) is 2.71. The number of carbonyl (C=O) groups excluding carboxylic acids is 2. The van der Waals surface area contributed by atoms with Crippen molar-refractivity contribution in [3.05, 3.63) is 34.6 Å². The minimum Gasteiger partial charge on any atom is -0.326 e. The molecule has 1 aliphatic rings. The van der Waals surface area contributed by atoms with Crippen molar-refractivity contribution < 1.29 is 14.0 Å². The summed E-state index contributed by atoms with van der Waals surface area (Å²) in [5.41, 5.74) is 0.351. The van der Waals surface area contributed by atoms with Crippen LogP contribution in [-0.2, 0) is 11.3 Å². The van der Waals surface area contributed by atoms with Crippen molar-refractivity contribution in [2.24, 2.45) is 0 Å². The third-order valence-corrected chi connectivity index (χ3v) is 3.91. The van der Waals surface area contributed by atoms with E-state index in [-0.39, 0.29) is 19.1 Å². The third-order valence-electron chi connectivity index (χ3n) is 3.56. The van der Waals surface area contributed by atoms with Crippen LogP contribution in [0.15, 0.2) is 18.2 Å². The highest BCUT2D eigenvalue weighted by Gasteiger charge is 2.37. The van der Waals surface area contributed by atoms with Crippen LogP contribution in [0.2, 0.25) is 5.02 Å². The Balaban J connectivity index is 2.02. The van der Waals surface area contributed by atoms with E-state index in [9.17, 15) is 14.0 Å². The molecule has 0 radical (unpaired) electrons. The quantitative estimate of drug-likeness (QED) is 0.817. The molecule has 1 N–H and O–H groups in total. The van der Waals surface area contributed by atoms with E-state index >= 15 is 0 Å². The smallest absolute Gasteiger partial charge is 0.325 e. The van der Waals surface area contributed by atoms with E-state index in [1.807, 2.05) is 6.92 Å². The average molecular weight is 328 g/mol. The van der Waals surface area contributed by atoms with Gasteiger partial charge in [0.25, 0.3) is 5.91 Å². The van der Waals surface area contributed by atoms with Gasteiger partial charge in [0.2, 0.25) is 0 Å². The van der Waals surface area contributed by atoms with Gasteiger partial charge in [-0.05, 0) is 25.6 Å². The SMILES string of the molecule is CCC[C@@H]1NC(=O)N(CN(C)Cc2c(F)cccc2Cl)C1=O. The van der Waals surface area contributed by atoms with Gasteiger partial charge >= 0.3 is 6.03 Å². The van der Waals surface area contributed by atoms with Crippen molar-refractivity contribution in [1.29, 1.82) is 0 Å². The van der Waals surface area contributed by atoms with Gasteiger partial charge < -0.3 is 5.32 Å². The van der Waals surface area contributed by atoms with Crippen molar-refractivity contribution in [3.8, 4) is 0 Å². The van der Waals surface area contributed by atoms with E-state index in [0.717, 1.165) is 11.3 Å². The molecule has 1 aromatic rings. The number of hydrogen-bond acceptors (Lipinski definition) is 3. The lowest BCUT2D eigenvalue weighted by Gasteiger charge is -2.22. The Bertz CT molecular complexity index is 562. The van der Waals surface area contributed by atoms with Crippen LogP contribution in [0.5, 0.6) is 0 Å². The number of nitrogens with one attached hydrogen (secondary N) is 1. The number of urea groups is 1. The molecule has 1 aliphatic heterocycles. The number of carbonyl (C=O) groups is 2. The number of imide groups is 1. The first kappa shape index (κ1) is 16.7. The van der Waals surface area contributed by atoms with Crippen molar-refractivity contribution in [2.45, 2.75) is 32.4 Å². The summed E-state index contributed by atoms with van der Waals surface area (Å²) in [7, 11) is 1.70. The summed E-state index contributed by atoms with van der Waals surface area (Å²) in [4.78, 5) is 26.8. The second-order valence-electron chi connectivity index (χ2n) is 5.41. The van der Waals surface area contributed by atoms with E-state index in [1.54, 1.807) is 18.0 Å². The van der Waals surface area contributed by atoms with Crippen LogP contribution in [0.3, 0.4) is 0 Å². The molecular weight excluding hydrogens is 309 g/mol. The van der Waals surface area contributed by atoms with Crippen LogP contribution in [0.4, 0.5) is 9.18 Å². The van der Waals surface area contributed by atoms with Crippen molar-refractivity contribution in [1.82, 2.24) is 15.1 Å². The van der Waals surface area contributed by atoms with Gasteiger partial charge in [-0.25, -0.2) is 14.1 Å². The predicted molar refractivity (Wildman–Crippen MR) is 81.8 cm³/mol. The maximum Gasteiger partial charge on any atom is 0.325 e. The standard InChI is InChI=1S/C15H19ClFN3O2/c1-3-5-13-14(21)20(15(22)18-13)9-19(2)8-10-11(16)6-4-7-12(10)17/h4,6-7,13H,3,5,8-9H2,1-2H3,(H,18,22)/t13-/m0/s1. The second-order valence-corrected chi connectivity index (χ2v) is 5.82. The van der Waals surface area contributed by atoms with E-state index in [2.05, 4.69) is 5.32 Å². The molecule has 0 bridgehead atoms. The Morgan fingerprint density at radius 2 is 2.14 bits per heavy atom. The van der Waals surface area contributed by atoms with Gasteiger partial charge in [0.05, 0.1) is 6.67 Å². The number of hydrogen-bond donors (Lipinski definition) is 1. The first-order chi connectivity index (χ1) is 10.4. The van der Waals surface area contributed by atoms with Crippen molar-refractivity contribution in [2.75, 3.05) is 13.7 Å².